The summed E-state index contributed by atoms with van der Waals surface area (Å²) in [5, 5.41) is 10.8. The quantitative estimate of drug-likeness (QED) is 0.880. The lowest BCUT2D eigenvalue weighted by Gasteiger charge is -2.32. The summed E-state index contributed by atoms with van der Waals surface area (Å²) in [6.07, 6.45) is 6.40. The molecule has 0 bridgehead atoms. The minimum Gasteiger partial charge on any atom is -0.477 e. The fourth-order valence-corrected chi connectivity index (χ4v) is 3.07. The molecule has 4 heteroatoms. The molecule has 1 N–H and O–H groups in total. The SMILES string of the molecule is CN(c1csc(C(=O)O)c1)C1CCCCC1. The van der Waals surface area contributed by atoms with E-state index >= 15 is 0 Å². The molecule has 1 aliphatic rings. The van der Waals surface area contributed by atoms with Crippen molar-refractivity contribution < 1.29 is 9.90 Å². The van der Waals surface area contributed by atoms with Gasteiger partial charge in [0.05, 0.1) is 0 Å². The van der Waals surface area contributed by atoms with Gasteiger partial charge in [-0.15, -0.1) is 11.3 Å². The summed E-state index contributed by atoms with van der Waals surface area (Å²) in [5.41, 5.74) is 1.05. The second-order valence-corrected chi connectivity index (χ2v) is 5.29. The minimum atomic E-state index is -0.826. The molecule has 1 saturated carbocycles. The van der Waals surface area contributed by atoms with Crippen LogP contribution in [0.1, 0.15) is 41.8 Å². The number of thiophene rings is 1. The van der Waals surface area contributed by atoms with Crippen molar-refractivity contribution in [1.82, 2.24) is 0 Å². The van der Waals surface area contributed by atoms with Crippen molar-refractivity contribution in [1.29, 1.82) is 0 Å². The van der Waals surface area contributed by atoms with Crippen LogP contribution in [0.4, 0.5) is 5.69 Å². The summed E-state index contributed by atoms with van der Waals surface area (Å²) >= 11 is 1.31. The van der Waals surface area contributed by atoms with Crippen LogP contribution in [0.3, 0.4) is 0 Å². The summed E-state index contributed by atoms with van der Waals surface area (Å²) in [6.45, 7) is 0. The molecule has 0 amide bonds. The number of anilines is 1. The second-order valence-electron chi connectivity index (χ2n) is 4.38. The molecule has 88 valence electrons. The Morgan fingerprint density at radius 2 is 2.12 bits per heavy atom. The van der Waals surface area contributed by atoms with E-state index in [0.29, 0.717) is 10.9 Å². The zero-order valence-corrected chi connectivity index (χ0v) is 10.3. The van der Waals surface area contributed by atoms with Crippen LogP contribution in [0.2, 0.25) is 0 Å². The highest BCUT2D eigenvalue weighted by Crippen LogP contribution is 2.29. The Balaban J connectivity index is 2.07. The molecule has 1 aromatic rings. The van der Waals surface area contributed by atoms with E-state index < -0.39 is 5.97 Å². The lowest BCUT2D eigenvalue weighted by Crippen LogP contribution is -2.32. The topological polar surface area (TPSA) is 40.5 Å². The Bertz CT molecular complexity index is 369. The fourth-order valence-electron chi connectivity index (χ4n) is 2.30. The average Bonchev–Trinajstić information content (AvgIpc) is 2.78. The van der Waals surface area contributed by atoms with Crippen molar-refractivity contribution in [3.05, 3.63) is 16.3 Å². The maximum absolute atomic E-state index is 10.8. The number of rotatable bonds is 3. The minimum absolute atomic E-state index is 0.428. The van der Waals surface area contributed by atoms with E-state index in [1.165, 1.54) is 43.4 Å². The summed E-state index contributed by atoms with van der Waals surface area (Å²) < 4.78 is 0. The van der Waals surface area contributed by atoms with Crippen LogP contribution in [0.5, 0.6) is 0 Å². The van der Waals surface area contributed by atoms with Crippen molar-refractivity contribution in [2.75, 3.05) is 11.9 Å². The maximum atomic E-state index is 10.8. The first-order valence-corrected chi connectivity index (χ1v) is 6.61. The van der Waals surface area contributed by atoms with Gasteiger partial charge in [-0.05, 0) is 18.9 Å². The first-order chi connectivity index (χ1) is 7.68. The molecule has 0 saturated heterocycles. The van der Waals surface area contributed by atoms with Crippen LogP contribution in [-0.2, 0) is 0 Å². The van der Waals surface area contributed by atoms with Gasteiger partial charge < -0.3 is 10.0 Å². The number of hydrogen-bond donors (Lipinski definition) is 1. The molecule has 0 radical (unpaired) electrons. The summed E-state index contributed by atoms with van der Waals surface area (Å²) in [4.78, 5) is 13.5. The van der Waals surface area contributed by atoms with Gasteiger partial charge >= 0.3 is 5.97 Å². The monoisotopic (exact) mass is 239 g/mol. The third-order valence-electron chi connectivity index (χ3n) is 3.33. The normalized spacial score (nSPS) is 17.3. The molecule has 1 aliphatic carbocycles. The van der Waals surface area contributed by atoms with Gasteiger partial charge in [-0.3, -0.25) is 0 Å². The Hall–Kier alpha value is -1.03. The van der Waals surface area contributed by atoms with E-state index in [4.69, 9.17) is 5.11 Å². The van der Waals surface area contributed by atoms with E-state index in [1.807, 2.05) is 5.38 Å². The summed E-state index contributed by atoms with van der Waals surface area (Å²) in [6, 6.07) is 2.37. The highest BCUT2D eigenvalue weighted by Gasteiger charge is 2.19. The van der Waals surface area contributed by atoms with E-state index in [1.54, 1.807) is 6.07 Å². The number of carboxylic acid groups (broad SMARTS) is 1. The lowest BCUT2D eigenvalue weighted by atomic mass is 9.94. The molecule has 0 aromatic carbocycles. The molecule has 16 heavy (non-hydrogen) atoms. The van der Waals surface area contributed by atoms with Gasteiger partial charge in [0.2, 0.25) is 0 Å². The Kier molecular flexibility index (Phi) is 3.49. The predicted octanol–water partition coefficient (Wildman–Crippen LogP) is 3.22. The fraction of sp³-hybridized carbons (Fsp3) is 0.583. The number of carboxylic acids is 1. The van der Waals surface area contributed by atoms with Gasteiger partial charge in [0.25, 0.3) is 0 Å². The molecule has 0 aliphatic heterocycles. The molecule has 0 unspecified atom stereocenters. The van der Waals surface area contributed by atoms with Gasteiger partial charge in [0.1, 0.15) is 4.88 Å². The van der Waals surface area contributed by atoms with E-state index in [-0.39, 0.29) is 0 Å². The standard InChI is InChI=1S/C12H17NO2S/c1-13(9-5-3-2-4-6-9)10-7-11(12(14)15)16-8-10/h7-9H,2-6H2,1H3,(H,14,15). The van der Waals surface area contributed by atoms with Gasteiger partial charge in [-0.2, -0.15) is 0 Å². The molecule has 1 aromatic heterocycles. The molecular formula is C12H17NO2S. The van der Waals surface area contributed by atoms with Crippen LogP contribution in [0, 0.1) is 0 Å². The van der Waals surface area contributed by atoms with Crippen LogP contribution in [-0.4, -0.2) is 24.2 Å². The van der Waals surface area contributed by atoms with Crippen molar-refractivity contribution >= 4 is 23.0 Å². The average molecular weight is 239 g/mol. The van der Waals surface area contributed by atoms with Crippen molar-refractivity contribution in [3.63, 3.8) is 0 Å². The predicted molar refractivity (Wildman–Crippen MR) is 66.6 cm³/mol. The maximum Gasteiger partial charge on any atom is 0.345 e. The molecular weight excluding hydrogens is 222 g/mol. The molecule has 0 atom stereocenters. The highest BCUT2D eigenvalue weighted by atomic mass is 32.1. The van der Waals surface area contributed by atoms with E-state index in [9.17, 15) is 4.79 Å². The Morgan fingerprint density at radius 1 is 1.44 bits per heavy atom. The van der Waals surface area contributed by atoms with Crippen molar-refractivity contribution in [3.8, 4) is 0 Å². The first kappa shape index (κ1) is 11.5. The van der Waals surface area contributed by atoms with E-state index in [0.717, 1.165) is 5.69 Å². The Morgan fingerprint density at radius 3 is 2.69 bits per heavy atom. The zero-order chi connectivity index (χ0) is 11.5. The van der Waals surface area contributed by atoms with Crippen LogP contribution in [0.25, 0.3) is 0 Å². The smallest absolute Gasteiger partial charge is 0.345 e. The number of carbonyl (C=O) groups is 1. The third-order valence-corrected chi connectivity index (χ3v) is 4.23. The molecule has 0 spiro atoms. The summed E-state index contributed by atoms with van der Waals surface area (Å²) in [5.74, 6) is -0.826. The zero-order valence-electron chi connectivity index (χ0n) is 9.48. The third kappa shape index (κ3) is 2.38. The lowest BCUT2D eigenvalue weighted by molar-refractivity contribution is 0.0702. The van der Waals surface area contributed by atoms with Gasteiger partial charge in [-0.25, -0.2) is 4.79 Å². The van der Waals surface area contributed by atoms with Crippen molar-refractivity contribution in [2.24, 2.45) is 0 Å². The molecule has 1 heterocycles. The second kappa shape index (κ2) is 4.87. The van der Waals surface area contributed by atoms with E-state index in [2.05, 4.69) is 11.9 Å². The Labute approximate surface area is 99.7 Å². The van der Waals surface area contributed by atoms with Gasteiger partial charge in [0, 0.05) is 24.2 Å². The van der Waals surface area contributed by atoms with Crippen LogP contribution in [0.15, 0.2) is 11.4 Å². The first-order valence-electron chi connectivity index (χ1n) is 5.73. The van der Waals surface area contributed by atoms with Gasteiger partial charge in [-0.1, -0.05) is 19.3 Å². The number of nitrogens with zero attached hydrogens (tertiary/aromatic N) is 1. The molecule has 1 fully saturated rings. The van der Waals surface area contributed by atoms with Gasteiger partial charge in [0.15, 0.2) is 0 Å². The van der Waals surface area contributed by atoms with Crippen LogP contribution >= 0.6 is 11.3 Å². The molecule has 2 rings (SSSR count). The van der Waals surface area contributed by atoms with Crippen LogP contribution < -0.4 is 4.90 Å². The number of aromatic carboxylic acids is 1. The van der Waals surface area contributed by atoms with Crippen molar-refractivity contribution in [2.45, 2.75) is 38.1 Å². The highest BCUT2D eigenvalue weighted by molar-refractivity contribution is 7.12. The summed E-state index contributed by atoms with van der Waals surface area (Å²) in [7, 11) is 2.07. The largest absolute Gasteiger partial charge is 0.477 e. The number of hydrogen-bond acceptors (Lipinski definition) is 3. The molecule has 3 nitrogen and oxygen atoms in total.